The molecule has 1 aromatic carbocycles. The fourth-order valence-corrected chi connectivity index (χ4v) is 2.83. The van der Waals surface area contributed by atoms with Gasteiger partial charge in [0.2, 0.25) is 11.0 Å². The molecule has 0 saturated carbocycles. The number of amides is 1. The van der Waals surface area contributed by atoms with Crippen molar-refractivity contribution in [3.63, 3.8) is 0 Å². The Labute approximate surface area is 145 Å². The van der Waals surface area contributed by atoms with E-state index in [1.807, 2.05) is 37.3 Å². The van der Waals surface area contributed by atoms with Crippen molar-refractivity contribution in [2.75, 3.05) is 11.1 Å². The lowest BCUT2D eigenvalue weighted by Crippen LogP contribution is -2.13. The van der Waals surface area contributed by atoms with Gasteiger partial charge in [-0.15, -0.1) is 20.4 Å². The van der Waals surface area contributed by atoms with Crippen LogP contribution in [-0.2, 0) is 11.4 Å². The van der Waals surface area contributed by atoms with Crippen LogP contribution in [0, 0.1) is 6.92 Å². The largest absolute Gasteiger partial charge is 0.484 e. The molecule has 3 rings (SSSR count). The number of thioether (sulfide) groups is 1. The number of benzene rings is 1. The zero-order valence-corrected chi connectivity index (χ0v) is 14.3. The number of aromatic nitrogens is 4. The van der Waals surface area contributed by atoms with Crippen molar-refractivity contribution in [2.45, 2.75) is 18.8 Å². The molecule has 0 atom stereocenters. The molecular formula is C14H13N5O3S2. The van der Waals surface area contributed by atoms with E-state index < -0.39 is 0 Å². The highest BCUT2D eigenvalue weighted by Gasteiger charge is 2.11. The van der Waals surface area contributed by atoms with Crippen LogP contribution in [0.25, 0.3) is 0 Å². The number of aryl methyl sites for hydroxylation is 1. The summed E-state index contributed by atoms with van der Waals surface area (Å²) in [7, 11) is 0. The molecule has 0 aliphatic heterocycles. The van der Waals surface area contributed by atoms with Gasteiger partial charge in [-0.3, -0.25) is 10.1 Å². The zero-order chi connectivity index (χ0) is 16.8. The number of carbonyl (C=O) groups excluding carboxylic acids is 1. The van der Waals surface area contributed by atoms with Gasteiger partial charge in [-0.25, -0.2) is 0 Å². The van der Waals surface area contributed by atoms with Gasteiger partial charge in [0, 0.05) is 0 Å². The first-order chi connectivity index (χ1) is 11.7. The third-order valence-electron chi connectivity index (χ3n) is 2.65. The highest BCUT2D eigenvalue weighted by atomic mass is 32.2. The summed E-state index contributed by atoms with van der Waals surface area (Å²) in [6.45, 7) is 1.99. The summed E-state index contributed by atoms with van der Waals surface area (Å²) in [6.07, 6.45) is 0. The number of ether oxygens (including phenoxy) is 1. The minimum absolute atomic E-state index is 0.139. The molecule has 0 unspecified atom stereocenters. The lowest BCUT2D eigenvalue weighted by molar-refractivity contribution is -0.113. The Kier molecular flexibility index (Phi) is 5.39. The predicted octanol–water partition coefficient (Wildman–Crippen LogP) is 2.54. The molecule has 0 fully saturated rings. The van der Waals surface area contributed by atoms with Crippen LogP contribution in [0.15, 0.2) is 40.0 Å². The Morgan fingerprint density at radius 2 is 2.08 bits per heavy atom. The third-order valence-corrected chi connectivity index (χ3v) is 4.23. The summed E-state index contributed by atoms with van der Waals surface area (Å²) in [5.74, 6) is 0.995. The minimum atomic E-state index is -0.212. The van der Waals surface area contributed by atoms with Crippen LogP contribution in [0.1, 0.15) is 10.9 Å². The van der Waals surface area contributed by atoms with Crippen LogP contribution in [-0.4, -0.2) is 32.1 Å². The van der Waals surface area contributed by atoms with Crippen LogP contribution in [0.4, 0.5) is 5.13 Å². The molecule has 0 aliphatic carbocycles. The lowest BCUT2D eigenvalue weighted by Gasteiger charge is -2.01. The van der Waals surface area contributed by atoms with Gasteiger partial charge in [-0.2, -0.15) is 0 Å². The summed E-state index contributed by atoms with van der Waals surface area (Å²) in [5.41, 5.74) is 0. The van der Waals surface area contributed by atoms with Crippen molar-refractivity contribution in [3.05, 3.63) is 41.2 Å². The van der Waals surface area contributed by atoms with Crippen molar-refractivity contribution in [1.82, 2.24) is 20.4 Å². The number of rotatable bonds is 7. The molecule has 8 nitrogen and oxygen atoms in total. The van der Waals surface area contributed by atoms with E-state index in [-0.39, 0.29) is 18.3 Å². The molecular weight excluding hydrogens is 350 g/mol. The van der Waals surface area contributed by atoms with Crippen molar-refractivity contribution in [2.24, 2.45) is 0 Å². The van der Waals surface area contributed by atoms with Gasteiger partial charge in [-0.1, -0.05) is 41.3 Å². The zero-order valence-electron chi connectivity index (χ0n) is 12.6. The number of carbonyl (C=O) groups is 1. The quantitative estimate of drug-likeness (QED) is 0.639. The summed E-state index contributed by atoms with van der Waals surface area (Å²) in [6, 6.07) is 9.34. The first-order valence-electron chi connectivity index (χ1n) is 6.92. The van der Waals surface area contributed by atoms with Crippen molar-refractivity contribution < 1.29 is 13.9 Å². The van der Waals surface area contributed by atoms with Crippen molar-refractivity contribution >= 4 is 34.1 Å². The van der Waals surface area contributed by atoms with E-state index in [1.54, 1.807) is 0 Å². The van der Waals surface area contributed by atoms with Crippen LogP contribution < -0.4 is 10.1 Å². The van der Waals surface area contributed by atoms with Crippen LogP contribution in [0.2, 0.25) is 0 Å². The molecule has 1 amide bonds. The van der Waals surface area contributed by atoms with Gasteiger partial charge in [0.05, 0.1) is 5.75 Å². The first kappa shape index (κ1) is 16.4. The molecule has 0 spiro atoms. The van der Waals surface area contributed by atoms with E-state index in [2.05, 4.69) is 25.7 Å². The maximum Gasteiger partial charge on any atom is 0.277 e. The number of nitrogens with one attached hydrogen (secondary N) is 1. The Morgan fingerprint density at radius 1 is 1.25 bits per heavy atom. The molecule has 10 heteroatoms. The normalized spacial score (nSPS) is 10.5. The molecule has 0 bridgehead atoms. The third kappa shape index (κ3) is 4.77. The van der Waals surface area contributed by atoms with Gasteiger partial charge >= 0.3 is 0 Å². The highest BCUT2D eigenvalue weighted by molar-refractivity contribution is 7.99. The predicted molar refractivity (Wildman–Crippen MR) is 89.1 cm³/mol. The van der Waals surface area contributed by atoms with Crippen LogP contribution >= 0.6 is 23.1 Å². The molecule has 1 N–H and O–H groups in total. The number of hydrogen-bond acceptors (Lipinski definition) is 9. The van der Waals surface area contributed by atoms with Crippen LogP contribution in [0.5, 0.6) is 5.75 Å². The number of anilines is 1. The molecule has 2 aromatic heterocycles. The second-order valence-corrected chi connectivity index (χ2v) is 6.63. The average Bonchev–Trinajstić information content (AvgIpc) is 3.21. The summed E-state index contributed by atoms with van der Waals surface area (Å²) in [4.78, 5) is 11.8. The fourth-order valence-electron chi connectivity index (χ4n) is 1.65. The maximum atomic E-state index is 11.8. The summed E-state index contributed by atoms with van der Waals surface area (Å²) < 4.78 is 10.9. The van der Waals surface area contributed by atoms with E-state index >= 15 is 0 Å². The van der Waals surface area contributed by atoms with E-state index in [0.717, 1.165) is 22.5 Å². The van der Waals surface area contributed by atoms with E-state index in [0.29, 0.717) is 16.2 Å². The Morgan fingerprint density at radius 3 is 2.83 bits per heavy atom. The standard InChI is InChI=1S/C14H13N5O3S2/c1-9-16-18-13(24-9)15-11(20)8-23-14-19-17-12(22-14)7-21-10-5-3-2-4-6-10/h2-6H,7-8H2,1H3,(H,15,18,20). The van der Waals surface area contributed by atoms with E-state index in [4.69, 9.17) is 9.15 Å². The summed E-state index contributed by atoms with van der Waals surface area (Å²) in [5, 5.41) is 19.6. The Hall–Kier alpha value is -2.46. The molecule has 0 saturated heterocycles. The molecule has 3 aromatic rings. The minimum Gasteiger partial charge on any atom is -0.484 e. The van der Waals surface area contributed by atoms with Gasteiger partial charge in [0.15, 0.2) is 6.61 Å². The van der Waals surface area contributed by atoms with Crippen LogP contribution in [0.3, 0.4) is 0 Å². The average molecular weight is 363 g/mol. The SMILES string of the molecule is Cc1nnc(NC(=O)CSc2nnc(COc3ccccc3)o2)s1. The highest BCUT2D eigenvalue weighted by Crippen LogP contribution is 2.19. The van der Waals surface area contributed by atoms with Gasteiger partial charge in [0.25, 0.3) is 11.1 Å². The second-order valence-electron chi connectivity index (χ2n) is 4.53. The monoisotopic (exact) mass is 363 g/mol. The topological polar surface area (TPSA) is 103 Å². The lowest BCUT2D eigenvalue weighted by atomic mass is 10.3. The van der Waals surface area contributed by atoms with Crippen molar-refractivity contribution in [1.29, 1.82) is 0 Å². The van der Waals surface area contributed by atoms with E-state index in [9.17, 15) is 4.79 Å². The fraction of sp³-hybridized carbons (Fsp3) is 0.214. The Bertz CT molecular complexity index is 806. The van der Waals surface area contributed by atoms with Gasteiger partial charge in [0.1, 0.15) is 10.8 Å². The van der Waals surface area contributed by atoms with Gasteiger partial charge < -0.3 is 9.15 Å². The number of nitrogens with zero attached hydrogens (tertiary/aromatic N) is 4. The van der Waals surface area contributed by atoms with Crippen molar-refractivity contribution in [3.8, 4) is 5.75 Å². The smallest absolute Gasteiger partial charge is 0.277 e. The molecule has 2 heterocycles. The Balaban J connectivity index is 1.44. The number of para-hydroxylation sites is 1. The first-order valence-corrected chi connectivity index (χ1v) is 8.72. The molecule has 24 heavy (non-hydrogen) atoms. The summed E-state index contributed by atoms with van der Waals surface area (Å²) >= 11 is 2.46. The molecule has 124 valence electrons. The second kappa shape index (κ2) is 7.88. The van der Waals surface area contributed by atoms with E-state index in [1.165, 1.54) is 11.3 Å². The molecule has 0 aliphatic rings. The molecule has 0 radical (unpaired) electrons. The maximum absolute atomic E-state index is 11.8. The van der Waals surface area contributed by atoms with Gasteiger partial charge in [-0.05, 0) is 19.1 Å². The number of hydrogen-bond donors (Lipinski definition) is 1.